The van der Waals surface area contributed by atoms with Gasteiger partial charge in [0.15, 0.2) is 0 Å². The number of benzene rings is 2. The van der Waals surface area contributed by atoms with Crippen LogP contribution in [0.1, 0.15) is 19.4 Å². The average Bonchev–Trinajstić information content (AvgIpc) is 3.00. The van der Waals surface area contributed by atoms with Crippen LogP contribution >= 0.6 is 0 Å². The van der Waals surface area contributed by atoms with E-state index in [2.05, 4.69) is 20.9 Å². The van der Waals surface area contributed by atoms with Crippen LogP contribution in [0, 0.1) is 0 Å². The second-order valence-corrected chi connectivity index (χ2v) is 6.31. The Morgan fingerprint density at radius 1 is 1.07 bits per heavy atom. The Morgan fingerprint density at radius 3 is 2.44 bits per heavy atom. The molecule has 0 unspecified atom stereocenters. The molecule has 2 aromatic carbocycles. The van der Waals surface area contributed by atoms with E-state index in [9.17, 15) is 14.4 Å². The Morgan fingerprint density at radius 2 is 1.74 bits per heavy atom. The lowest BCUT2D eigenvalue weighted by Gasteiger charge is -2.25. The SMILES string of the molecule is CC(=O)Nc1ccc(NC(=O)[C@H]2CC(=O)Nc3nc4ccccc4n32)cc1. The second-order valence-electron chi connectivity index (χ2n) is 6.31. The lowest BCUT2D eigenvalue weighted by molar-refractivity contribution is -0.124. The zero-order valence-electron chi connectivity index (χ0n) is 14.5. The van der Waals surface area contributed by atoms with Crippen molar-refractivity contribution < 1.29 is 14.4 Å². The summed E-state index contributed by atoms with van der Waals surface area (Å²) in [5.74, 6) is -0.353. The van der Waals surface area contributed by atoms with Gasteiger partial charge in [0.2, 0.25) is 23.7 Å². The predicted molar refractivity (Wildman–Crippen MR) is 101 cm³/mol. The quantitative estimate of drug-likeness (QED) is 0.665. The molecule has 4 rings (SSSR count). The minimum Gasteiger partial charge on any atom is -0.326 e. The fourth-order valence-corrected chi connectivity index (χ4v) is 3.17. The van der Waals surface area contributed by atoms with Crippen molar-refractivity contribution in [2.24, 2.45) is 0 Å². The maximum atomic E-state index is 12.9. The van der Waals surface area contributed by atoms with E-state index in [4.69, 9.17) is 0 Å². The van der Waals surface area contributed by atoms with Crippen molar-refractivity contribution in [3.05, 3.63) is 48.5 Å². The molecule has 0 saturated heterocycles. The highest BCUT2D eigenvalue weighted by Crippen LogP contribution is 2.31. The normalized spacial score (nSPS) is 15.7. The number of imidazole rings is 1. The summed E-state index contributed by atoms with van der Waals surface area (Å²) in [6.07, 6.45) is 0.0309. The number of hydrogen-bond acceptors (Lipinski definition) is 4. The average molecular weight is 363 g/mol. The summed E-state index contributed by atoms with van der Waals surface area (Å²) in [5, 5.41) is 8.21. The Balaban J connectivity index is 1.61. The van der Waals surface area contributed by atoms with Crippen molar-refractivity contribution in [2.45, 2.75) is 19.4 Å². The molecule has 2 heterocycles. The predicted octanol–water partition coefficient (Wildman–Crippen LogP) is 2.52. The van der Waals surface area contributed by atoms with E-state index in [0.29, 0.717) is 22.8 Å². The molecule has 0 radical (unpaired) electrons. The molecule has 3 N–H and O–H groups in total. The number of fused-ring (bicyclic) bond motifs is 3. The van der Waals surface area contributed by atoms with Gasteiger partial charge < -0.3 is 10.6 Å². The number of nitrogens with one attached hydrogen (secondary N) is 3. The number of para-hydroxylation sites is 2. The van der Waals surface area contributed by atoms with Crippen LogP contribution in [0.25, 0.3) is 11.0 Å². The largest absolute Gasteiger partial charge is 0.326 e. The van der Waals surface area contributed by atoms with Crippen molar-refractivity contribution in [3.8, 4) is 0 Å². The minimum absolute atomic E-state index is 0.0309. The molecule has 3 amide bonds. The monoisotopic (exact) mass is 363 g/mol. The maximum absolute atomic E-state index is 12.9. The molecule has 1 aliphatic rings. The second kappa shape index (κ2) is 6.56. The molecule has 0 saturated carbocycles. The van der Waals surface area contributed by atoms with E-state index in [1.165, 1.54) is 6.92 Å². The third-order valence-electron chi connectivity index (χ3n) is 4.31. The summed E-state index contributed by atoms with van der Waals surface area (Å²) in [4.78, 5) is 40.4. The first-order valence-electron chi connectivity index (χ1n) is 8.46. The van der Waals surface area contributed by atoms with Crippen LogP contribution in [0.5, 0.6) is 0 Å². The summed E-state index contributed by atoms with van der Waals surface area (Å²) < 4.78 is 1.75. The molecule has 8 heteroatoms. The van der Waals surface area contributed by atoms with Crippen molar-refractivity contribution in [1.82, 2.24) is 9.55 Å². The van der Waals surface area contributed by atoms with Gasteiger partial charge in [0, 0.05) is 18.3 Å². The number of aromatic nitrogens is 2. The maximum Gasteiger partial charge on any atom is 0.248 e. The summed E-state index contributed by atoms with van der Waals surface area (Å²) in [5.41, 5.74) is 2.72. The minimum atomic E-state index is -0.698. The fourth-order valence-electron chi connectivity index (χ4n) is 3.17. The van der Waals surface area contributed by atoms with Crippen LogP contribution in [0.3, 0.4) is 0 Å². The van der Waals surface area contributed by atoms with E-state index in [0.717, 1.165) is 5.52 Å². The third kappa shape index (κ3) is 3.24. The molecule has 27 heavy (non-hydrogen) atoms. The number of anilines is 3. The summed E-state index contributed by atoms with van der Waals surface area (Å²) in [7, 11) is 0. The smallest absolute Gasteiger partial charge is 0.248 e. The lowest BCUT2D eigenvalue weighted by Crippen LogP contribution is -2.35. The third-order valence-corrected chi connectivity index (χ3v) is 4.31. The van der Waals surface area contributed by atoms with Gasteiger partial charge in [0.25, 0.3) is 0 Å². The van der Waals surface area contributed by atoms with Crippen LogP contribution in [0.4, 0.5) is 17.3 Å². The van der Waals surface area contributed by atoms with Gasteiger partial charge in [-0.25, -0.2) is 4.98 Å². The van der Waals surface area contributed by atoms with Crippen molar-refractivity contribution >= 4 is 46.1 Å². The number of hydrogen-bond donors (Lipinski definition) is 3. The highest BCUT2D eigenvalue weighted by Gasteiger charge is 2.32. The van der Waals surface area contributed by atoms with E-state index in [1.807, 2.05) is 24.3 Å². The van der Waals surface area contributed by atoms with Crippen LogP contribution < -0.4 is 16.0 Å². The topological polar surface area (TPSA) is 105 Å². The molecule has 136 valence electrons. The van der Waals surface area contributed by atoms with Gasteiger partial charge in [0.1, 0.15) is 6.04 Å². The first-order valence-corrected chi connectivity index (χ1v) is 8.46. The highest BCUT2D eigenvalue weighted by molar-refractivity contribution is 6.03. The van der Waals surface area contributed by atoms with Gasteiger partial charge in [-0.2, -0.15) is 0 Å². The van der Waals surface area contributed by atoms with Crippen molar-refractivity contribution in [1.29, 1.82) is 0 Å². The zero-order chi connectivity index (χ0) is 19.0. The molecule has 1 aromatic heterocycles. The standard InChI is InChI=1S/C19H17N5O3/c1-11(25)20-12-6-8-13(9-7-12)21-18(27)16-10-17(26)23-19-22-14-4-2-3-5-15(14)24(16)19/h2-9,16H,10H2,1H3,(H,20,25)(H,21,27)(H,22,23,26)/t16-/m1/s1. The summed E-state index contributed by atoms with van der Waals surface area (Å²) in [6.45, 7) is 1.43. The fraction of sp³-hybridized carbons (Fsp3) is 0.158. The van der Waals surface area contributed by atoms with Gasteiger partial charge >= 0.3 is 0 Å². The first-order chi connectivity index (χ1) is 13.0. The van der Waals surface area contributed by atoms with E-state index >= 15 is 0 Å². The molecule has 0 spiro atoms. The molecule has 1 atom stereocenters. The molecular formula is C19H17N5O3. The number of rotatable bonds is 3. The summed E-state index contributed by atoms with van der Waals surface area (Å²) >= 11 is 0. The Labute approximate surface area is 154 Å². The number of nitrogens with zero attached hydrogens (tertiary/aromatic N) is 2. The van der Waals surface area contributed by atoms with Crippen LogP contribution in [0.15, 0.2) is 48.5 Å². The number of carbonyl (C=O) groups excluding carboxylic acids is 3. The Bertz CT molecular complexity index is 1050. The lowest BCUT2D eigenvalue weighted by atomic mass is 10.1. The van der Waals surface area contributed by atoms with Gasteiger partial charge in [-0.15, -0.1) is 0 Å². The molecule has 0 fully saturated rings. The Kier molecular flexibility index (Phi) is 4.08. The first kappa shape index (κ1) is 16.8. The molecule has 8 nitrogen and oxygen atoms in total. The van der Waals surface area contributed by atoms with Crippen molar-refractivity contribution in [3.63, 3.8) is 0 Å². The summed E-state index contributed by atoms with van der Waals surface area (Å²) in [6, 6.07) is 13.5. The highest BCUT2D eigenvalue weighted by atomic mass is 16.2. The zero-order valence-corrected chi connectivity index (χ0v) is 14.5. The van der Waals surface area contributed by atoms with Gasteiger partial charge in [-0.05, 0) is 36.4 Å². The van der Waals surface area contributed by atoms with Crippen LogP contribution in [-0.2, 0) is 14.4 Å². The molecule has 0 bridgehead atoms. The molecule has 0 aliphatic carbocycles. The van der Waals surface area contributed by atoms with Crippen LogP contribution in [-0.4, -0.2) is 27.3 Å². The molecular weight excluding hydrogens is 346 g/mol. The van der Waals surface area contributed by atoms with Crippen molar-refractivity contribution in [2.75, 3.05) is 16.0 Å². The Hall–Kier alpha value is -3.68. The van der Waals surface area contributed by atoms with E-state index < -0.39 is 6.04 Å². The molecule has 1 aliphatic heterocycles. The number of amides is 3. The number of carbonyl (C=O) groups is 3. The van der Waals surface area contributed by atoms with Crippen LogP contribution in [0.2, 0.25) is 0 Å². The van der Waals surface area contributed by atoms with E-state index in [1.54, 1.807) is 28.8 Å². The van der Waals surface area contributed by atoms with Gasteiger partial charge in [-0.1, -0.05) is 12.1 Å². The van der Waals surface area contributed by atoms with E-state index in [-0.39, 0.29) is 24.1 Å². The van der Waals surface area contributed by atoms with Gasteiger partial charge in [0.05, 0.1) is 17.5 Å². The van der Waals surface area contributed by atoms with Gasteiger partial charge in [-0.3, -0.25) is 24.3 Å². The molecule has 3 aromatic rings.